The third-order valence-electron chi connectivity index (χ3n) is 5.29. The van der Waals surface area contributed by atoms with Gasteiger partial charge in [-0.15, -0.1) is 0 Å². The summed E-state index contributed by atoms with van der Waals surface area (Å²) >= 11 is 0. The summed E-state index contributed by atoms with van der Waals surface area (Å²) in [6, 6.07) is 9.51. The highest BCUT2D eigenvalue weighted by Crippen LogP contribution is 2.21. The first-order valence-corrected chi connectivity index (χ1v) is 10.2. The summed E-state index contributed by atoms with van der Waals surface area (Å²) in [6.07, 6.45) is -0.419. The molecule has 1 N–H and O–H groups in total. The third kappa shape index (κ3) is 4.96. The summed E-state index contributed by atoms with van der Waals surface area (Å²) in [6.45, 7) is 5.17. The van der Waals surface area contributed by atoms with Crippen LogP contribution in [0.4, 0.5) is 22.2 Å². The van der Waals surface area contributed by atoms with Gasteiger partial charge in [0.1, 0.15) is 24.7 Å². The maximum atomic E-state index is 12.5. The van der Waals surface area contributed by atoms with Crippen molar-refractivity contribution in [1.82, 2.24) is 19.8 Å². The van der Waals surface area contributed by atoms with E-state index < -0.39 is 6.09 Å². The number of aryl methyl sites for hydroxylation is 1. The lowest BCUT2D eigenvalue weighted by Crippen LogP contribution is -2.51. The van der Waals surface area contributed by atoms with E-state index in [1.807, 2.05) is 37.3 Å². The van der Waals surface area contributed by atoms with Crippen LogP contribution in [-0.4, -0.2) is 84.8 Å². The minimum Gasteiger partial charge on any atom is -0.497 e. The van der Waals surface area contributed by atoms with Crippen molar-refractivity contribution >= 4 is 29.5 Å². The number of hydrogen-bond donors (Lipinski definition) is 1. The van der Waals surface area contributed by atoms with Crippen LogP contribution < -0.4 is 15.0 Å². The molecule has 0 spiro atoms. The smallest absolute Gasteiger partial charge is 0.410 e. The zero-order chi connectivity index (χ0) is 21.8. The van der Waals surface area contributed by atoms with Crippen molar-refractivity contribution in [3.8, 4) is 5.75 Å². The summed E-state index contributed by atoms with van der Waals surface area (Å²) < 4.78 is 10.1. The number of methoxy groups -OCH3 is 1. The van der Waals surface area contributed by atoms with E-state index in [0.29, 0.717) is 51.1 Å². The average Bonchev–Trinajstić information content (AvgIpc) is 3.18. The SMILES string of the molecule is COc1ccc(Nc2cc(C)nc(N3CCN(C(=O)CN4CCOC4=O)CC3)n2)cc1. The molecule has 4 rings (SSSR count). The number of anilines is 3. The van der Waals surface area contributed by atoms with Gasteiger partial charge in [-0.1, -0.05) is 0 Å². The highest BCUT2D eigenvalue weighted by atomic mass is 16.6. The Bertz CT molecular complexity index is 943. The number of carbonyl (C=O) groups excluding carboxylic acids is 2. The van der Waals surface area contributed by atoms with Crippen molar-refractivity contribution < 1.29 is 19.1 Å². The number of nitrogens with one attached hydrogen (secondary N) is 1. The van der Waals surface area contributed by atoms with Crippen LogP contribution >= 0.6 is 0 Å². The fraction of sp³-hybridized carbons (Fsp3) is 0.429. The lowest BCUT2D eigenvalue weighted by Gasteiger charge is -2.35. The second kappa shape index (κ2) is 9.07. The predicted molar refractivity (Wildman–Crippen MR) is 115 cm³/mol. The molecule has 1 aromatic heterocycles. The van der Waals surface area contributed by atoms with E-state index in [4.69, 9.17) is 9.47 Å². The fourth-order valence-corrected chi connectivity index (χ4v) is 3.57. The average molecular weight is 426 g/mol. The molecule has 2 aliphatic heterocycles. The molecule has 3 heterocycles. The first-order chi connectivity index (χ1) is 15.0. The summed E-state index contributed by atoms with van der Waals surface area (Å²) in [4.78, 5) is 38.6. The van der Waals surface area contributed by atoms with E-state index in [9.17, 15) is 9.59 Å². The van der Waals surface area contributed by atoms with Crippen LogP contribution in [0.25, 0.3) is 0 Å². The Kier molecular flexibility index (Phi) is 6.06. The van der Waals surface area contributed by atoms with E-state index >= 15 is 0 Å². The van der Waals surface area contributed by atoms with Gasteiger partial charge >= 0.3 is 6.09 Å². The Hall–Kier alpha value is -3.56. The monoisotopic (exact) mass is 426 g/mol. The number of ether oxygens (including phenoxy) is 2. The highest BCUT2D eigenvalue weighted by Gasteiger charge is 2.28. The van der Waals surface area contributed by atoms with Crippen LogP contribution in [0.2, 0.25) is 0 Å². The first kappa shape index (κ1) is 20.7. The van der Waals surface area contributed by atoms with Crippen LogP contribution in [0.3, 0.4) is 0 Å². The molecule has 0 radical (unpaired) electrons. The van der Waals surface area contributed by atoms with Crippen LogP contribution in [0.1, 0.15) is 5.69 Å². The molecule has 164 valence electrons. The highest BCUT2D eigenvalue weighted by molar-refractivity contribution is 5.83. The lowest BCUT2D eigenvalue weighted by molar-refractivity contribution is -0.132. The maximum absolute atomic E-state index is 12.5. The van der Waals surface area contributed by atoms with Crippen LogP contribution in [0.15, 0.2) is 30.3 Å². The molecular formula is C21H26N6O4. The van der Waals surface area contributed by atoms with E-state index in [1.165, 1.54) is 4.90 Å². The normalized spacial score (nSPS) is 16.3. The minimum absolute atomic E-state index is 0.0643. The van der Waals surface area contributed by atoms with Gasteiger partial charge in [0, 0.05) is 43.6 Å². The van der Waals surface area contributed by atoms with Crippen molar-refractivity contribution in [2.75, 3.05) is 63.2 Å². The van der Waals surface area contributed by atoms with Crippen molar-refractivity contribution in [2.24, 2.45) is 0 Å². The van der Waals surface area contributed by atoms with Crippen LogP contribution in [0.5, 0.6) is 5.75 Å². The van der Waals surface area contributed by atoms with Crippen LogP contribution in [0, 0.1) is 6.92 Å². The number of hydrogen-bond acceptors (Lipinski definition) is 8. The standard InChI is InChI=1S/C21H26N6O4/c1-15-13-18(23-16-3-5-17(30-2)6-4-16)24-20(22-15)26-9-7-25(8-10-26)19(28)14-27-11-12-31-21(27)29/h3-6,13H,7-12,14H2,1-2H3,(H,22,23,24). The molecular weight excluding hydrogens is 400 g/mol. The van der Waals surface area contributed by atoms with Gasteiger partial charge in [0.25, 0.3) is 0 Å². The van der Waals surface area contributed by atoms with Gasteiger partial charge in [-0.3, -0.25) is 9.69 Å². The van der Waals surface area contributed by atoms with E-state index in [2.05, 4.69) is 20.2 Å². The Labute approximate surface area is 180 Å². The van der Waals surface area contributed by atoms with Gasteiger partial charge in [-0.25, -0.2) is 9.78 Å². The molecule has 0 bridgehead atoms. The maximum Gasteiger partial charge on any atom is 0.410 e. The number of carbonyl (C=O) groups is 2. The van der Waals surface area contributed by atoms with Crippen molar-refractivity contribution in [2.45, 2.75) is 6.92 Å². The minimum atomic E-state index is -0.419. The molecule has 10 heteroatoms. The third-order valence-corrected chi connectivity index (χ3v) is 5.29. The van der Waals surface area contributed by atoms with Gasteiger partial charge in [0.15, 0.2) is 0 Å². The second-order valence-electron chi connectivity index (χ2n) is 7.45. The molecule has 2 aromatic rings. The molecule has 2 amide bonds. The van der Waals surface area contributed by atoms with Gasteiger partial charge in [-0.2, -0.15) is 4.98 Å². The number of aromatic nitrogens is 2. The number of piperazine rings is 1. The predicted octanol–water partition coefficient (Wildman–Crippen LogP) is 1.64. The van der Waals surface area contributed by atoms with E-state index in [-0.39, 0.29) is 12.5 Å². The molecule has 0 atom stereocenters. The molecule has 2 aliphatic rings. The summed E-state index contributed by atoms with van der Waals surface area (Å²) in [7, 11) is 1.64. The van der Waals surface area contributed by atoms with Crippen LogP contribution in [-0.2, 0) is 9.53 Å². The topological polar surface area (TPSA) is 100 Å². The van der Waals surface area contributed by atoms with Crippen molar-refractivity contribution in [1.29, 1.82) is 0 Å². The fourth-order valence-electron chi connectivity index (χ4n) is 3.57. The molecule has 1 aromatic carbocycles. The number of benzene rings is 1. The Balaban J connectivity index is 1.36. The molecule has 2 fully saturated rings. The summed E-state index contributed by atoms with van der Waals surface area (Å²) in [5, 5.41) is 3.30. The molecule has 0 aliphatic carbocycles. The summed E-state index contributed by atoms with van der Waals surface area (Å²) in [5.41, 5.74) is 1.76. The van der Waals surface area contributed by atoms with Crippen molar-refractivity contribution in [3.63, 3.8) is 0 Å². The molecule has 0 saturated carbocycles. The van der Waals surface area contributed by atoms with Crippen molar-refractivity contribution in [3.05, 3.63) is 36.0 Å². The van der Waals surface area contributed by atoms with Gasteiger partial charge in [0.2, 0.25) is 11.9 Å². The van der Waals surface area contributed by atoms with Gasteiger partial charge in [-0.05, 0) is 31.2 Å². The largest absolute Gasteiger partial charge is 0.497 e. The van der Waals surface area contributed by atoms with E-state index in [1.54, 1.807) is 12.0 Å². The number of cyclic esters (lactones) is 1. The first-order valence-electron chi connectivity index (χ1n) is 10.2. The number of amides is 2. The Morgan fingerprint density at radius 1 is 1.13 bits per heavy atom. The second-order valence-corrected chi connectivity index (χ2v) is 7.45. The van der Waals surface area contributed by atoms with E-state index in [0.717, 1.165) is 17.1 Å². The molecule has 0 unspecified atom stereocenters. The molecule has 31 heavy (non-hydrogen) atoms. The molecule has 2 saturated heterocycles. The van der Waals surface area contributed by atoms with Gasteiger partial charge in [0.05, 0.1) is 13.7 Å². The molecule has 10 nitrogen and oxygen atoms in total. The number of rotatable bonds is 6. The zero-order valence-electron chi connectivity index (χ0n) is 17.7. The Morgan fingerprint density at radius 2 is 1.87 bits per heavy atom. The zero-order valence-corrected chi connectivity index (χ0v) is 17.7. The Morgan fingerprint density at radius 3 is 2.52 bits per heavy atom. The number of nitrogens with zero attached hydrogens (tertiary/aromatic N) is 5. The quantitative estimate of drug-likeness (QED) is 0.744. The summed E-state index contributed by atoms with van der Waals surface area (Å²) in [5.74, 6) is 2.06. The van der Waals surface area contributed by atoms with Gasteiger partial charge < -0.3 is 24.6 Å². The lowest BCUT2D eigenvalue weighted by atomic mass is 10.3.